The largest absolute Gasteiger partial charge is 0.465 e. The number of hydrogen-bond acceptors (Lipinski definition) is 5. The second-order valence-corrected chi connectivity index (χ2v) is 7.55. The lowest BCUT2D eigenvalue weighted by Crippen LogP contribution is -2.24. The van der Waals surface area contributed by atoms with Gasteiger partial charge < -0.3 is 9.64 Å². The van der Waals surface area contributed by atoms with Crippen LogP contribution in [0.2, 0.25) is 0 Å². The lowest BCUT2D eigenvalue weighted by Gasteiger charge is -2.32. The molecule has 2 aromatic carbocycles. The number of ether oxygens (including phenoxy) is 1. The fourth-order valence-electron chi connectivity index (χ4n) is 4.21. The maximum atomic E-state index is 12.1. The maximum Gasteiger partial charge on any atom is 0.337 e. The van der Waals surface area contributed by atoms with Crippen molar-refractivity contribution in [2.75, 3.05) is 18.6 Å². The zero-order valence-corrected chi connectivity index (χ0v) is 17.0. The molecule has 0 fully saturated rings. The summed E-state index contributed by atoms with van der Waals surface area (Å²) in [5.74, 6) is -0.341. The summed E-state index contributed by atoms with van der Waals surface area (Å²) in [4.78, 5) is 18.9. The highest BCUT2D eigenvalue weighted by Crippen LogP contribution is 2.38. The van der Waals surface area contributed by atoms with Crippen LogP contribution >= 0.6 is 0 Å². The van der Waals surface area contributed by atoms with Gasteiger partial charge in [-0.25, -0.2) is 4.79 Å². The third-order valence-corrected chi connectivity index (χ3v) is 5.67. The Labute approximate surface area is 174 Å². The zero-order chi connectivity index (χ0) is 20.7. The molecule has 6 nitrogen and oxygen atoms in total. The van der Waals surface area contributed by atoms with Gasteiger partial charge in [0.05, 0.1) is 30.1 Å². The van der Waals surface area contributed by atoms with E-state index in [1.54, 1.807) is 6.07 Å². The van der Waals surface area contributed by atoms with Crippen LogP contribution in [0.25, 0.3) is 22.0 Å². The molecule has 0 N–H and O–H groups in total. The summed E-state index contributed by atoms with van der Waals surface area (Å²) in [5, 5.41) is 5.24. The van der Waals surface area contributed by atoms with Crippen LogP contribution in [-0.4, -0.2) is 34.4 Å². The number of benzene rings is 2. The number of aromatic nitrogens is 3. The van der Waals surface area contributed by atoms with Crippen LogP contribution in [0.15, 0.2) is 61.1 Å². The fraction of sp³-hybridized carbons (Fsp3) is 0.208. The molecule has 0 bridgehead atoms. The Morgan fingerprint density at radius 3 is 2.77 bits per heavy atom. The molecule has 0 radical (unpaired) electrons. The molecule has 5 rings (SSSR count). The summed E-state index contributed by atoms with van der Waals surface area (Å²) in [5.41, 5.74) is 7.26. The Balaban J connectivity index is 1.61. The van der Waals surface area contributed by atoms with Gasteiger partial charge in [-0.2, -0.15) is 5.10 Å². The summed E-state index contributed by atoms with van der Waals surface area (Å²) in [6.45, 7) is 0.917. The molecule has 0 unspecified atom stereocenters. The van der Waals surface area contributed by atoms with Crippen molar-refractivity contribution in [2.45, 2.75) is 12.8 Å². The molecule has 150 valence electrons. The van der Waals surface area contributed by atoms with Crippen molar-refractivity contribution in [3.63, 3.8) is 0 Å². The van der Waals surface area contributed by atoms with Gasteiger partial charge in [-0.15, -0.1) is 0 Å². The molecule has 1 aliphatic rings. The number of aryl methyl sites for hydroxylation is 2. The fourth-order valence-corrected chi connectivity index (χ4v) is 4.21. The highest BCUT2D eigenvalue weighted by molar-refractivity contribution is 6.00. The molecule has 0 atom stereocenters. The minimum absolute atomic E-state index is 0.341. The average Bonchev–Trinajstić information content (AvgIpc) is 3.23. The summed E-state index contributed by atoms with van der Waals surface area (Å²) >= 11 is 0. The third kappa shape index (κ3) is 3.10. The highest BCUT2D eigenvalue weighted by Gasteiger charge is 2.21. The van der Waals surface area contributed by atoms with Crippen molar-refractivity contribution < 1.29 is 9.53 Å². The van der Waals surface area contributed by atoms with E-state index in [1.807, 2.05) is 48.5 Å². The molecule has 2 aromatic heterocycles. The predicted octanol–water partition coefficient (Wildman–Crippen LogP) is 4.51. The Hall–Kier alpha value is -3.67. The molecule has 3 heterocycles. The van der Waals surface area contributed by atoms with Gasteiger partial charge in [0.1, 0.15) is 0 Å². The van der Waals surface area contributed by atoms with Crippen LogP contribution in [0.3, 0.4) is 0 Å². The number of carbonyl (C=O) groups is 1. The van der Waals surface area contributed by atoms with Gasteiger partial charge in [0.25, 0.3) is 0 Å². The first-order valence-electron chi connectivity index (χ1n) is 10.0. The number of pyridine rings is 1. The molecule has 30 heavy (non-hydrogen) atoms. The van der Waals surface area contributed by atoms with Gasteiger partial charge >= 0.3 is 5.97 Å². The van der Waals surface area contributed by atoms with Crippen molar-refractivity contribution in [1.82, 2.24) is 14.8 Å². The minimum Gasteiger partial charge on any atom is -0.465 e. The lowest BCUT2D eigenvalue weighted by atomic mass is 9.96. The first kappa shape index (κ1) is 18.4. The molecular weight excluding hydrogens is 376 g/mol. The molecule has 0 saturated heterocycles. The molecule has 0 aliphatic carbocycles. The van der Waals surface area contributed by atoms with E-state index >= 15 is 0 Å². The maximum absolute atomic E-state index is 12.1. The number of esters is 1. The number of fused-ring (bicyclic) bond motifs is 2. The van der Waals surface area contributed by atoms with Gasteiger partial charge in [-0.05, 0) is 60.4 Å². The summed E-state index contributed by atoms with van der Waals surface area (Å²) in [6, 6.07) is 14.1. The number of hydrogen-bond donors (Lipinski definition) is 0. The number of rotatable bonds is 3. The molecule has 0 amide bonds. The van der Waals surface area contributed by atoms with Crippen molar-refractivity contribution in [3.8, 4) is 11.1 Å². The predicted molar refractivity (Wildman–Crippen MR) is 117 cm³/mol. The summed E-state index contributed by atoms with van der Waals surface area (Å²) < 4.78 is 6.73. The van der Waals surface area contributed by atoms with Crippen molar-refractivity contribution in [1.29, 1.82) is 0 Å². The van der Waals surface area contributed by atoms with Crippen molar-refractivity contribution in [3.05, 3.63) is 72.2 Å². The molecule has 1 aliphatic heterocycles. The summed E-state index contributed by atoms with van der Waals surface area (Å²) in [7, 11) is 3.33. The normalized spacial score (nSPS) is 13.3. The van der Waals surface area contributed by atoms with E-state index in [-0.39, 0.29) is 5.97 Å². The summed E-state index contributed by atoms with van der Waals surface area (Å²) in [6.07, 6.45) is 7.86. The van der Waals surface area contributed by atoms with Gasteiger partial charge in [0.2, 0.25) is 0 Å². The first-order chi connectivity index (χ1) is 14.6. The minimum atomic E-state index is -0.341. The van der Waals surface area contributed by atoms with E-state index in [0.717, 1.165) is 41.5 Å². The van der Waals surface area contributed by atoms with E-state index in [4.69, 9.17) is 4.74 Å². The molecule has 4 aromatic rings. The third-order valence-electron chi connectivity index (χ3n) is 5.67. The lowest BCUT2D eigenvalue weighted by molar-refractivity contribution is 0.0601. The van der Waals surface area contributed by atoms with Crippen molar-refractivity contribution in [2.24, 2.45) is 7.05 Å². The van der Waals surface area contributed by atoms with E-state index in [1.165, 1.54) is 23.9 Å². The van der Waals surface area contributed by atoms with Gasteiger partial charge in [0.15, 0.2) is 0 Å². The highest BCUT2D eigenvalue weighted by atomic mass is 16.5. The van der Waals surface area contributed by atoms with Crippen LogP contribution in [0.1, 0.15) is 22.3 Å². The Morgan fingerprint density at radius 2 is 1.97 bits per heavy atom. The second kappa shape index (κ2) is 7.30. The Morgan fingerprint density at radius 1 is 1.07 bits per heavy atom. The van der Waals surface area contributed by atoms with Crippen LogP contribution < -0.4 is 4.90 Å². The average molecular weight is 398 g/mol. The van der Waals surface area contributed by atoms with E-state index in [2.05, 4.69) is 33.2 Å². The van der Waals surface area contributed by atoms with Crippen molar-refractivity contribution >= 4 is 28.2 Å². The smallest absolute Gasteiger partial charge is 0.337 e. The quantitative estimate of drug-likeness (QED) is 0.475. The molecule has 0 saturated carbocycles. The van der Waals surface area contributed by atoms with Gasteiger partial charge in [0, 0.05) is 42.6 Å². The zero-order valence-electron chi connectivity index (χ0n) is 17.0. The van der Waals surface area contributed by atoms with E-state index in [0.29, 0.717) is 5.56 Å². The molecular formula is C24H22N4O2. The Kier molecular flexibility index (Phi) is 4.47. The monoisotopic (exact) mass is 398 g/mol. The van der Waals surface area contributed by atoms with Crippen LogP contribution in [-0.2, 0) is 18.2 Å². The van der Waals surface area contributed by atoms with E-state index < -0.39 is 0 Å². The second-order valence-electron chi connectivity index (χ2n) is 7.55. The number of methoxy groups -OCH3 is 1. The molecule has 0 spiro atoms. The van der Waals surface area contributed by atoms with Crippen LogP contribution in [0, 0.1) is 0 Å². The van der Waals surface area contributed by atoms with E-state index in [9.17, 15) is 4.79 Å². The Bertz CT molecular complexity index is 1260. The van der Waals surface area contributed by atoms with Crippen LogP contribution in [0.4, 0.5) is 11.4 Å². The standard InChI is InChI=1S/C24H22N4O2/c1-27-15-19(14-26-27)16-6-8-22-17(12-16)4-3-11-28(22)23-9-10-25-21-7-5-18(13-20(21)23)24(29)30-2/h5-10,12-15H,3-4,11H2,1-2H3. The number of carbonyl (C=O) groups excluding carboxylic acids is 1. The molecule has 6 heteroatoms. The topological polar surface area (TPSA) is 60.2 Å². The number of nitrogens with zero attached hydrogens (tertiary/aromatic N) is 4. The number of anilines is 2. The van der Waals surface area contributed by atoms with Gasteiger partial charge in [-0.1, -0.05) is 6.07 Å². The van der Waals surface area contributed by atoms with Gasteiger partial charge in [-0.3, -0.25) is 9.67 Å². The first-order valence-corrected chi connectivity index (χ1v) is 10.0. The van der Waals surface area contributed by atoms with Crippen LogP contribution in [0.5, 0.6) is 0 Å². The SMILES string of the molecule is COC(=O)c1ccc2nccc(N3CCCc4cc(-c5cnn(C)c5)ccc43)c2c1.